The molecule has 0 aliphatic carbocycles. The van der Waals surface area contributed by atoms with Crippen LogP contribution in [0.1, 0.15) is 18.9 Å². The Hall–Kier alpha value is -3.16. The average molecular weight is 368 g/mol. The summed E-state index contributed by atoms with van der Waals surface area (Å²) in [5.41, 5.74) is 1.70. The van der Waals surface area contributed by atoms with E-state index in [0.717, 1.165) is 41.1 Å². The molecule has 8 nitrogen and oxygen atoms in total. The van der Waals surface area contributed by atoms with Gasteiger partial charge in [-0.15, -0.1) is 0 Å². The number of nitrogens with one attached hydrogen (secondary N) is 2. The van der Waals surface area contributed by atoms with Gasteiger partial charge in [0.25, 0.3) is 0 Å². The molecule has 0 radical (unpaired) electrons. The van der Waals surface area contributed by atoms with Gasteiger partial charge in [-0.05, 0) is 24.1 Å². The third-order valence-corrected chi connectivity index (χ3v) is 4.15. The number of carbonyl (C=O) groups is 1. The Morgan fingerprint density at radius 2 is 2.00 bits per heavy atom. The lowest BCUT2D eigenvalue weighted by Gasteiger charge is -2.08. The van der Waals surface area contributed by atoms with Crippen LogP contribution in [0.4, 0.5) is 5.82 Å². The second-order valence-electron chi connectivity index (χ2n) is 6.13. The summed E-state index contributed by atoms with van der Waals surface area (Å²) < 4.78 is 6.90. The highest BCUT2D eigenvalue weighted by Crippen LogP contribution is 2.18. The molecule has 0 spiro atoms. The summed E-state index contributed by atoms with van der Waals surface area (Å²) >= 11 is 0. The predicted molar refractivity (Wildman–Crippen MR) is 104 cm³/mol. The monoisotopic (exact) mass is 368 g/mol. The first kappa shape index (κ1) is 18.6. The second kappa shape index (κ2) is 8.98. The summed E-state index contributed by atoms with van der Waals surface area (Å²) in [7, 11) is 1.62. The minimum atomic E-state index is -0.0310. The number of anilines is 1. The van der Waals surface area contributed by atoms with E-state index in [0.29, 0.717) is 19.5 Å². The van der Waals surface area contributed by atoms with Crippen LogP contribution in [0, 0.1) is 0 Å². The van der Waals surface area contributed by atoms with E-state index in [9.17, 15) is 4.79 Å². The van der Waals surface area contributed by atoms with Crippen LogP contribution in [0.25, 0.3) is 11.0 Å². The van der Waals surface area contributed by atoms with Crippen LogP contribution in [-0.2, 0) is 17.8 Å². The molecule has 3 rings (SSSR count). The van der Waals surface area contributed by atoms with Gasteiger partial charge in [0, 0.05) is 13.1 Å². The molecular formula is C19H24N6O2. The van der Waals surface area contributed by atoms with Gasteiger partial charge in [0.15, 0.2) is 5.65 Å². The molecule has 2 aromatic heterocycles. The van der Waals surface area contributed by atoms with Crippen LogP contribution in [0.3, 0.4) is 0 Å². The van der Waals surface area contributed by atoms with Crippen LogP contribution in [-0.4, -0.2) is 45.9 Å². The molecule has 1 aromatic carbocycles. The Labute approximate surface area is 158 Å². The molecule has 0 aliphatic heterocycles. The number of rotatable bonds is 9. The van der Waals surface area contributed by atoms with Crippen molar-refractivity contribution in [3.8, 4) is 5.75 Å². The largest absolute Gasteiger partial charge is 0.497 e. The van der Waals surface area contributed by atoms with Gasteiger partial charge >= 0.3 is 0 Å². The summed E-state index contributed by atoms with van der Waals surface area (Å²) in [4.78, 5) is 20.7. The number of nitrogens with zero attached hydrogens (tertiary/aromatic N) is 4. The van der Waals surface area contributed by atoms with E-state index in [1.54, 1.807) is 18.0 Å². The molecular weight excluding hydrogens is 344 g/mol. The van der Waals surface area contributed by atoms with Crippen molar-refractivity contribution < 1.29 is 9.53 Å². The minimum Gasteiger partial charge on any atom is -0.497 e. The lowest BCUT2D eigenvalue weighted by atomic mass is 10.1. The van der Waals surface area contributed by atoms with Crippen molar-refractivity contribution in [2.24, 2.45) is 0 Å². The maximum Gasteiger partial charge on any atom is 0.224 e. The first-order chi connectivity index (χ1) is 13.2. The molecule has 0 atom stereocenters. The molecule has 2 N–H and O–H groups in total. The first-order valence-corrected chi connectivity index (χ1v) is 9.01. The Morgan fingerprint density at radius 1 is 1.19 bits per heavy atom. The first-order valence-electron chi connectivity index (χ1n) is 9.01. The van der Waals surface area contributed by atoms with E-state index in [1.165, 1.54) is 6.33 Å². The zero-order chi connectivity index (χ0) is 19.1. The molecule has 8 heteroatoms. The van der Waals surface area contributed by atoms with Gasteiger partial charge in [-0.3, -0.25) is 4.79 Å². The summed E-state index contributed by atoms with van der Waals surface area (Å²) in [5.74, 6) is 1.53. The topological polar surface area (TPSA) is 94.0 Å². The molecule has 0 aliphatic rings. The molecule has 0 bridgehead atoms. The van der Waals surface area contributed by atoms with Gasteiger partial charge < -0.3 is 15.4 Å². The van der Waals surface area contributed by atoms with E-state index in [4.69, 9.17) is 4.74 Å². The van der Waals surface area contributed by atoms with Crippen LogP contribution in [0.5, 0.6) is 5.75 Å². The van der Waals surface area contributed by atoms with Crippen molar-refractivity contribution in [3.05, 3.63) is 42.4 Å². The van der Waals surface area contributed by atoms with Gasteiger partial charge in [0.05, 0.1) is 31.7 Å². The number of hydrogen-bond acceptors (Lipinski definition) is 6. The van der Waals surface area contributed by atoms with Gasteiger partial charge in [0.1, 0.15) is 17.9 Å². The quantitative estimate of drug-likeness (QED) is 0.600. The summed E-state index contributed by atoms with van der Waals surface area (Å²) in [6.07, 6.45) is 4.63. The highest BCUT2D eigenvalue weighted by molar-refractivity contribution is 5.86. The van der Waals surface area contributed by atoms with Crippen LogP contribution < -0.4 is 15.4 Å². The highest BCUT2D eigenvalue weighted by Gasteiger charge is 2.10. The Balaban J connectivity index is 1.54. The molecule has 2 heterocycles. The predicted octanol–water partition coefficient (Wildman–Crippen LogP) is 2.02. The average Bonchev–Trinajstić information content (AvgIpc) is 3.11. The number of fused-ring (bicyclic) bond motifs is 1. The standard InChI is InChI=1S/C19H24N6O2/c1-3-8-21-18-16-12-24-25(19(16)23-13-22-18)10-9-20-17(26)11-14-4-6-15(27-2)7-5-14/h4-7,12-13H,3,8-11H2,1-2H3,(H,20,26)(H,21,22,23). The van der Waals surface area contributed by atoms with Gasteiger partial charge in [-0.1, -0.05) is 19.1 Å². The Kier molecular flexibility index (Phi) is 6.19. The third-order valence-electron chi connectivity index (χ3n) is 4.15. The van der Waals surface area contributed by atoms with Crippen LogP contribution in [0.15, 0.2) is 36.8 Å². The number of methoxy groups -OCH3 is 1. The number of carbonyl (C=O) groups excluding carboxylic acids is 1. The molecule has 0 fully saturated rings. The number of hydrogen-bond donors (Lipinski definition) is 2. The SMILES string of the molecule is CCCNc1ncnc2c1cnn2CCNC(=O)Cc1ccc(OC)cc1. The third kappa shape index (κ3) is 4.72. The van der Waals surface area contributed by atoms with E-state index in [2.05, 4.69) is 32.6 Å². The molecule has 142 valence electrons. The van der Waals surface area contributed by atoms with Crippen LogP contribution >= 0.6 is 0 Å². The van der Waals surface area contributed by atoms with E-state index < -0.39 is 0 Å². The van der Waals surface area contributed by atoms with Crippen molar-refractivity contribution in [2.75, 3.05) is 25.5 Å². The number of amides is 1. The van der Waals surface area contributed by atoms with Crippen molar-refractivity contribution in [1.29, 1.82) is 0 Å². The molecule has 0 unspecified atom stereocenters. The number of aromatic nitrogens is 4. The molecule has 1 amide bonds. The molecule has 0 saturated heterocycles. The van der Waals surface area contributed by atoms with Crippen molar-refractivity contribution in [3.63, 3.8) is 0 Å². The summed E-state index contributed by atoms with van der Waals surface area (Å²) in [6.45, 7) is 3.97. The van der Waals surface area contributed by atoms with Gasteiger partial charge in [0.2, 0.25) is 5.91 Å². The Bertz CT molecular complexity index is 891. The van der Waals surface area contributed by atoms with E-state index in [-0.39, 0.29) is 5.91 Å². The molecule has 27 heavy (non-hydrogen) atoms. The highest BCUT2D eigenvalue weighted by atomic mass is 16.5. The fourth-order valence-corrected chi connectivity index (χ4v) is 2.73. The van der Waals surface area contributed by atoms with E-state index in [1.807, 2.05) is 24.3 Å². The van der Waals surface area contributed by atoms with Gasteiger partial charge in [-0.2, -0.15) is 5.10 Å². The summed E-state index contributed by atoms with van der Waals surface area (Å²) in [5, 5.41) is 11.5. The fraction of sp³-hybridized carbons (Fsp3) is 0.368. The zero-order valence-corrected chi connectivity index (χ0v) is 15.6. The zero-order valence-electron chi connectivity index (χ0n) is 15.6. The number of benzene rings is 1. The smallest absolute Gasteiger partial charge is 0.224 e. The fourth-order valence-electron chi connectivity index (χ4n) is 2.73. The molecule has 3 aromatic rings. The lowest BCUT2D eigenvalue weighted by molar-refractivity contribution is -0.120. The second-order valence-corrected chi connectivity index (χ2v) is 6.13. The molecule has 0 saturated carbocycles. The maximum atomic E-state index is 12.1. The minimum absolute atomic E-state index is 0.0310. The lowest BCUT2D eigenvalue weighted by Crippen LogP contribution is -2.28. The summed E-state index contributed by atoms with van der Waals surface area (Å²) in [6, 6.07) is 7.48. The van der Waals surface area contributed by atoms with Crippen molar-refractivity contribution in [1.82, 2.24) is 25.1 Å². The number of ether oxygens (including phenoxy) is 1. The van der Waals surface area contributed by atoms with Gasteiger partial charge in [-0.25, -0.2) is 14.6 Å². The van der Waals surface area contributed by atoms with Crippen molar-refractivity contribution in [2.45, 2.75) is 26.3 Å². The van der Waals surface area contributed by atoms with Crippen LogP contribution in [0.2, 0.25) is 0 Å². The maximum absolute atomic E-state index is 12.1. The normalized spacial score (nSPS) is 10.7. The van der Waals surface area contributed by atoms with Crippen molar-refractivity contribution >= 4 is 22.8 Å². The Morgan fingerprint density at radius 3 is 2.74 bits per heavy atom. The van der Waals surface area contributed by atoms with E-state index >= 15 is 0 Å².